The van der Waals surface area contributed by atoms with E-state index in [1.807, 2.05) is 25.6 Å². The number of carbonyl (C=O) groups is 1. The number of nitrogens with two attached hydrogens (primary N) is 1. The third-order valence-corrected chi connectivity index (χ3v) is 4.41. The van der Waals surface area contributed by atoms with Crippen LogP contribution in [0.2, 0.25) is 0 Å². The number of hydrogen-bond acceptors (Lipinski definition) is 3. The molecule has 0 radical (unpaired) electrons. The maximum absolute atomic E-state index is 12.7. The summed E-state index contributed by atoms with van der Waals surface area (Å²) in [6, 6.07) is 0. The lowest BCUT2D eigenvalue weighted by atomic mass is 9.78. The van der Waals surface area contributed by atoms with Gasteiger partial charge in [0.25, 0.3) is 0 Å². The average molecular weight is 294 g/mol. The molecular weight excluding hydrogens is 264 g/mol. The zero-order valence-corrected chi connectivity index (χ0v) is 14.1. The second-order valence-corrected chi connectivity index (χ2v) is 5.94. The summed E-state index contributed by atoms with van der Waals surface area (Å²) >= 11 is 0. The van der Waals surface area contributed by atoms with Crippen molar-refractivity contribution in [2.45, 2.75) is 59.9 Å². The Morgan fingerprint density at radius 1 is 1.29 bits per heavy atom. The van der Waals surface area contributed by atoms with Crippen molar-refractivity contribution in [2.24, 2.45) is 18.2 Å². The number of aromatic nitrogens is 2. The molecule has 5 heteroatoms. The first-order valence-corrected chi connectivity index (χ1v) is 7.89. The molecule has 0 atom stereocenters. The van der Waals surface area contributed by atoms with Crippen LogP contribution in [0.25, 0.3) is 0 Å². The molecule has 0 aromatic carbocycles. The summed E-state index contributed by atoms with van der Waals surface area (Å²) in [5.74, 6) is 0.0800. The second-order valence-electron chi connectivity index (χ2n) is 5.94. The zero-order chi connectivity index (χ0) is 16.0. The molecule has 120 valence electrons. The van der Waals surface area contributed by atoms with Gasteiger partial charge in [-0.3, -0.25) is 9.48 Å². The molecule has 0 aliphatic rings. The third-order valence-electron chi connectivity index (χ3n) is 4.41. The van der Waals surface area contributed by atoms with Crippen LogP contribution in [-0.4, -0.2) is 22.2 Å². The van der Waals surface area contributed by atoms with Crippen LogP contribution in [0.1, 0.15) is 56.5 Å². The highest BCUT2D eigenvalue weighted by molar-refractivity contribution is 5.82. The van der Waals surface area contributed by atoms with Crippen LogP contribution in [0, 0.1) is 19.3 Å². The summed E-state index contributed by atoms with van der Waals surface area (Å²) in [5.41, 5.74) is 8.68. The number of hydrogen-bond donors (Lipinski definition) is 2. The maximum atomic E-state index is 12.7. The fraction of sp³-hybridized carbons (Fsp3) is 0.750. The Morgan fingerprint density at radius 3 is 2.24 bits per heavy atom. The van der Waals surface area contributed by atoms with Crippen LogP contribution in [0.15, 0.2) is 0 Å². The van der Waals surface area contributed by atoms with E-state index in [0.29, 0.717) is 13.1 Å². The summed E-state index contributed by atoms with van der Waals surface area (Å²) in [4.78, 5) is 12.7. The van der Waals surface area contributed by atoms with E-state index in [2.05, 4.69) is 24.3 Å². The molecule has 0 fully saturated rings. The molecule has 0 aliphatic carbocycles. The van der Waals surface area contributed by atoms with Gasteiger partial charge in [-0.2, -0.15) is 5.10 Å². The average Bonchev–Trinajstić information content (AvgIpc) is 2.69. The number of rotatable bonds is 8. The first kappa shape index (κ1) is 17.7. The van der Waals surface area contributed by atoms with Crippen LogP contribution in [-0.2, 0) is 18.4 Å². The molecule has 1 amide bonds. The largest absolute Gasteiger partial charge is 0.351 e. The quantitative estimate of drug-likeness (QED) is 0.772. The van der Waals surface area contributed by atoms with E-state index in [-0.39, 0.29) is 5.91 Å². The summed E-state index contributed by atoms with van der Waals surface area (Å²) in [6.07, 6.45) is 3.62. The normalized spacial score (nSPS) is 11.7. The van der Waals surface area contributed by atoms with Gasteiger partial charge in [-0.1, -0.05) is 26.7 Å². The van der Waals surface area contributed by atoms with Crippen LogP contribution >= 0.6 is 0 Å². The second kappa shape index (κ2) is 7.59. The molecule has 1 rings (SSSR count). The number of carbonyl (C=O) groups excluding carboxylic acids is 1. The molecule has 5 nitrogen and oxygen atoms in total. The van der Waals surface area contributed by atoms with Gasteiger partial charge in [0, 0.05) is 31.4 Å². The van der Waals surface area contributed by atoms with Gasteiger partial charge in [0.1, 0.15) is 0 Å². The van der Waals surface area contributed by atoms with Gasteiger partial charge in [0.2, 0.25) is 5.91 Å². The van der Waals surface area contributed by atoms with E-state index in [1.165, 1.54) is 0 Å². The van der Waals surface area contributed by atoms with E-state index < -0.39 is 5.41 Å². The first-order chi connectivity index (χ1) is 9.91. The zero-order valence-electron chi connectivity index (χ0n) is 14.1. The Morgan fingerprint density at radius 2 is 1.86 bits per heavy atom. The van der Waals surface area contributed by atoms with Crippen LogP contribution < -0.4 is 11.1 Å². The molecule has 1 aromatic heterocycles. The SMILES string of the molecule is CCCC(CN)(CCC)C(=O)NCc1c(C)nn(C)c1C. The van der Waals surface area contributed by atoms with Crippen LogP contribution in [0.3, 0.4) is 0 Å². The highest BCUT2D eigenvalue weighted by atomic mass is 16.2. The molecule has 0 aliphatic heterocycles. The van der Waals surface area contributed by atoms with Crippen molar-refractivity contribution in [3.05, 3.63) is 17.0 Å². The summed E-state index contributed by atoms with van der Waals surface area (Å²) in [5, 5.41) is 7.47. The molecule has 3 N–H and O–H groups in total. The van der Waals surface area contributed by atoms with Gasteiger partial charge in [0.15, 0.2) is 0 Å². The van der Waals surface area contributed by atoms with Gasteiger partial charge in [-0.25, -0.2) is 0 Å². The van der Waals surface area contributed by atoms with Crippen molar-refractivity contribution in [1.29, 1.82) is 0 Å². The van der Waals surface area contributed by atoms with Crippen molar-refractivity contribution in [3.63, 3.8) is 0 Å². The summed E-state index contributed by atoms with van der Waals surface area (Å²) in [7, 11) is 1.92. The highest BCUT2D eigenvalue weighted by Crippen LogP contribution is 2.29. The van der Waals surface area contributed by atoms with E-state index in [1.54, 1.807) is 0 Å². The van der Waals surface area contributed by atoms with Crippen molar-refractivity contribution in [1.82, 2.24) is 15.1 Å². The lowest BCUT2D eigenvalue weighted by molar-refractivity contribution is -0.131. The number of nitrogens with one attached hydrogen (secondary N) is 1. The molecule has 1 heterocycles. The van der Waals surface area contributed by atoms with Crippen molar-refractivity contribution < 1.29 is 4.79 Å². The minimum atomic E-state index is -0.423. The fourth-order valence-electron chi connectivity index (χ4n) is 3.04. The van der Waals surface area contributed by atoms with Crippen molar-refractivity contribution >= 4 is 5.91 Å². The molecule has 0 saturated heterocycles. The van der Waals surface area contributed by atoms with Gasteiger partial charge < -0.3 is 11.1 Å². The Kier molecular flexibility index (Phi) is 6.40. The third kappa shape index (κ3) is 3.84. The molecule has 21 heavy (non-hydrogen) atoms. The van der Waals surface area contributed by atoms with Crippen molar-refractivity contribution in [2.75, 3.05) is 6.54 Å². The maximum Gasteiger partial charge on any atom is 0.227 e. The summed E-state index contributed by atoms with van der Waals surface area (Å²) in [6.45, 7) is 9.13. The number of amides is 1. The standard InChI is InChI=1S/C16H30N4O/c1-6-8-16(11-17,9-7-2)15(21)18-10-14-12(3)19-20(5)13(14)4/h6-11,17H2,1-5H3,(H,18,21). The predicted molar refractivity (Wildman–Crippen MR) is 85.8 cm³/mol. The monoisotopic (exact) mass is 294 g/mol. The van der Waals surface area contributed by atoms with E-state index in [4.69, 9.17) is 5.73 Å². The van der Waals surface area contributed by atoms with E-state index >= 15 is 0 Å². The first-order valence-electron chi connectivity index (χ1n) is 7.89. The molecule has 1 aromatic rings. The lowest BCUT2D eigenvalue weighted by Gasteiger charge is -2.30. The topological polar surface area (TPSA) is 72.9 Å². The Balaban J connectivity index is 2.82. The Hall–Kier alpha value is -1.36. The van der Waals surface area contributed by atoms with Crippen LogP contribution in [0.5, 0.6) is 0 Å². The Bertz CT molecular complexity index is 473. The van der Waals surface area contributed by atoms with Gasteiger partial charge in [-0.05, 0) is 26.7 Å². The molecule has 0 saturated carbocycles. The molecule has 0 bridgehead atoms. The predicted octanol–water partition coefficient (Wildman–Crippen LogP) is 2.20. The number of nitrogens with zero attached hydrogens (tertiary/aromatic N) is 2. The number of aryl methyl sites for hydroxylation is 2. The minimum absolute atomic E-state index is 0.0800. The van der Waals surface area contributed by atoms with Crippen LogP contribution in [0.4, 0.5) is 0 Å². The van der Waals surface area contributed by atoms with Crippen molar-refractivity contribution in [3.8, 4) is 0 Å². The van der Waals surface area contributed by atoms with E-state index in [0.717, 1.165) is 42.6 Å². The smallest absolute Gasteiger partial charge is 0.227 e. The van der Waals surface area contributed by atoms with Gasteiger partial charge in [-0.15, -0.1) is 0 Å². The molecule has 0 unspecified atom stereocenters. The Labute approximate surface area is 128 Å². The van der Waals surface area contributed by atoms with E-state index in [9.17, 15) is 4.79 Å². The summed E-state index contributed by atoms with van der Waals surface area (Å²) < 4.78 is 1.85. The highest BCUT2D eigenvalue weighted by Gasteiger charge is 2.35. The van der Waals surface area contributed by atoms with Gasteiger partial charge in [0.05, 0.1) is 11.1 Å². The molecule has 0 spiro atoms. The minimum Gasteiger partial charge on any atom is -0.351 e. The van der Waals surface area contributed by atoms with Gasteiger partial charge >= 0.3 is 0 Å². The fourth-order valence-corrected chi connectivity index (χ4v) is 3.04. The lowest BCUT2D eigenvalue weighted by Crippen LogP contribution is -2.45. The molecular formula is C16H30N4O.